The van der Waals surface area contributed by atoms with Crippen molar-refractivity contribution < 1.29 is 18.8 Å². The van der Waals surface area contributed by atoms with Gasteiger partial charge in [-0.25, -0.2) is 9.18 Å². The summed E-state index contributed by atoms with van der Waals surface area (Å²) >= 11 is 3.14. The number of hydrazine groups is 1. The lowest BCUT2D eigenvalue weighted by Crippen LogP contribution is -2.48. The maximum absolute atomic E-state index is 13.8. The summed E-state index contributed by atoms with van der Waals surface area (Å²) in [5, 5.41) is 3.11. The molecule has 1 aliphatic heterocycles. The number of nitrogens with one attached hydrogen (secondary N) is 2. The Morgan fingerprint density at radius 3 is 2.56 bits per heavy atom. The van der Waals surface area contributed by atoms with Crippen molar-refractivity contribution in [3.05, 3.63) is 69.9 Å². The molecule has 0 radical (unpaired) electrons. The highest BCUT2D eigenvalue weighted by Gasteiger charge is 2.50. The molecule has 2 N–H and O–H groups in total. The molecule has 6 nitrogen and oxygen atoms in total. The lowest BCUT2D eigenvalue weighted by Gasteiger charge is -2.22. The fourth-order valence-corrected chi connectivity index (χ4v) is 2.90. The van der Waals surface area contributed by atoms with Gasteiger partial charge in [0.25, 0.3) is 11.8 Å². The minimum Gasteiger partial charge on any atom is -0.318 e. The molecule has 0 unspecified atom stereocenters. The molecule has 1 aliphatic rings. The Balaban J connectivity index is 1.86. The van der Waals surface area contributed by atoms with Gasteiger partial charge in [-0.15, -0.1) is 0 Å². The Morgan fingerprint density at radius 1 is 1.20 bits per heavy atom. The van der Waals surface area contributed by atoms with E-state index in [4.69, 9.17) is 0 Å². The van der Waals surface area contributed by atoms with Gasteiger partial charge < -0.3 is 5.32 Å². The van der Waals surface area contributed by atoms with Gasteiger partial charge in [0.1, 0.15) is 11.4 Å². The summed E-state index contributed by atoms with van der Waals surface area (Å²) in [6.45, 7) is 1.54. The van der Waals surface area contributed by atoms with Crippen LogP contribution in [0.2, 0.25) is 0 Å². The van der Waals surface area contributed by atoms with E-state index in [-0.39, 0.29) is 5.56 Å². The van der Waals surface area contributed by atoms with Crippen molar-refractivity contribution in [3.63, 3.8) is 0 Å². The number of halogens is 2. The number of benzene rings is 2. The molecule has 2 aromatic rings. The molecule has 0 aromatic heterocycles. The maximum atomic E-state index is 13.8. The smallest absolute Gasteiger partial charge is 0.318 e. The third-order valence-corrected chi connectivity index (χ3v) is 4.42. The molecular weight excluding hydrogens is 393 g/mol. The van der Waals surface area contributed by atoms with Gasteiger partial charge in [0.2, 0.25) is 0 Å². The van der Waals surface area contributed by atoms with E-state index in [0.29, 0.717) is 15.0 Å². The van der Waals surface area contributed by atoms with Gasteiger partial charge in [-0.1, -0.05) is 46.3 Å². The molecule has 1 heterocycles. The van der Waals surface area contributed by atoms with Crippen molar-refractivity contribution in [1.29, 1.82) is 0 Å². The van der Waals surface area contributed by atoms with Crippen molar-refractivity contribution in [1.82, 2.24) is 15.8 Å². The van der Waals surface area contributed by atoms with Crippen LogP contribution in [0.5, 0.6) is 0 Å². The molecule has 0 spiro atoms. The molecule has 128 valence electrons. The summed E-state index contributed by atoms with van der Waals surface area (Å²) in [6.07, 6.45) is 0. The highest BCUT2D eigenvalue weighted by atomic mass is 79.9. The third kappa shape index (κ3) is 3.00. The number of hydrogen-bond acceptors (Lipinski definition) is 3. The second kappa shape index (κ2) is 6.29. The van der Waals surface area contributed by atoms with E-state index in [0.717, 1.165) is 6.07 Å². The van der Waals surface area contributed by atoms with E-state index in [1.165, 1.54) is 19.1 Å². The van der Waals surface area contributed by atoms with Gasteiger partial charge in [0, 0.05) is 4.47 Å². The number of amides is 4. The molecule has 2 aromatic carbocycles. The van der Waals surface area contributed by atoms with Crippen molar-refractivity contribution in [2.75, 3.05) is 0 Å². The van der Waals surface area contributed by atoms with Gasteiger partial charge in [-0.3, -0.25) is 15.0 Å². The van der Waals surface area contributed by atoms with Crippen LogP contribution in [0.25, 0.3) is 0 Å². The van der Waals surface area contributed by atoms with Crippen LogP contribution in [0.1, 0.15) is 22.8 Å². The van der Waals surface area contributed by atoms with Crippen LogP contribution >= 0.6 is 15.9 Å². The normalized spacial score (nSPS) is 19.7. The first-order chi connectivity index (χ1) is 11.8. The summed E-state index contributed by atoms with van der Waals surface area (Å²) in [7, 11) is 0. The Bertz CT molecular complexity index is 875. The van der Waals surface area contributed by atoms with Crippen LogP contribution in [-0.2, 0) is 10.3 Å². The Morgan fingerprint density at radius 2 is 1.88 bits per heavy atom. The van der Waals surface area contributed by atoms with Crippen molar-refractivity contribution in [2.45, 2.75) is 12.5 Å². The SMILES string of the molecule is C[C@]1(c2ccccc2)NC(=O)N(NC(=O)c2cc(Br)ccc2F)C1=O. The molecule has 1 atom stereocenters. The lowest BCUT2D eigenvalue weighted by atomic mass is 9.92. The van der Waals surface area contributed by atoms with Crippen LogP contribution < -0.4 is 10.7 Å². The molecule has 0 bridgehead atoms. The first-order valence-electron chi connectivity index (χ1n) is 7.31. The predicted molar refractivity (Wildman–Crippen MR) is 90.7 cm³/mol. The monoisotopic (exact) mass is 405 g/mol. The lowest BCUT2D eigenvalue weighted by molar-refractivity contribution is -0.132. The first kappa shape index (κ1) is 17.1. The number of nitrogens with zero attached hydrogens (tertiary/aromatic N) is 1. The van der Waals surface area contributed by atoms with Crippen LogP contribution in [0.15, 0.2) is 53.0 Å². The largest absolute Gasteiger partial charge is 0.344 e. The highest BCUT2D eigenvalue weighted by molar-refractivity contribution is 9.10. The summed E-state index contributed by atoms with van der Waals surface area (Å²) < 4.78 is 14.3. The molecule has 25 heavy (non-hydrogen) atoms. The van der Waals surface area contributed by atoms with Crippen molar-refractivity contribution >= 4 is 33.8 Å². The minimum absolute atomic E-state index is 0.289. The minimum atomic E-state index is -1.32. The van der Waals surface area contributed by atoms with E-state index in [2.05, 4.69) is 26.7 Å². The van der Waals surface area contributed by atoms with E-state index in [9.17, 15) is 18.8 Å². The van der Waals surface area contributed by atoms with Gasteiger partial charge in [-0.2, -0.15) is 5.01 Å². The molecule has 3 rings (SSSR count). The van der Waals surface area contributed by atoms with Gasteiger partial charge >= 0.3 is 6.03 Å². The van der Waals surface area contributed by atoms with Gasteiger partial charge in [0.05, 0.1) is 5.56 Å². The zero-order chi connectivity index (χ0) is 18.2. The highest BCUT2D eigenvalue weighted by Crippen LogP contribution is 2.27. The van der Waals surface area contributed by atoms with Crippen molar-refractivity contribution in [2.24, 2.45) is 0 Å². The zero-order valence-electron chi connectivity index (χ0n) is 13.0. The average molecular weight is 406 g/mol. The van der Waals surface area contributed by atoms with Crippen molar-refractivity contribution in [3.8, 4) is 0 Å². The molecule has 1 fully saturated rings. The van der Waals surface area contributed by atoms with E-state index >= 15 is 0 Å². The average Bonchev–Trinajstić information content (AvgIpc) is 2.82. The molecule has 0 saturated carbocycles. The van der Waals surface area contributed by atoms with E-state index in [1.54, 1.807) is 30.3 Å². The third-order valence-electron chi connectivity index (χ3n) is 3.93. The summed E-state index contributed by atoms with van der Waals surface area (Å²) in [6, 6.07) is 11.7. The molecule has 1 saturated heterocycles. The quantitative estimate of drug-likeness (QED) is 0.770. The number of hydrogen-bond donors (Lipinski definition) is 2. The molecular formula is C17H13BrFN3O3. The van der Waals surface area contributed by atoms with E-state index in [1.807, 2.05) is 0 Å². The fraction of sp³-hybridized carbons (Fsp3) is 0.118. The standard InChI is InChI=1S/C17H13BrFN3O3/c1-17(10-5-3-2-4-6-10)15(24)22(16(25)20-17)21-14(23)12-9-11(18)7-8-13(12)19/h2-9H,1H3,(H,20,25)(H,21,23)/t17-/m1/s1. The molecule has 8 heteroatoms. The Hall–Kier alpha value is -2.74. The summed E-state index contributed by atoms with van der Waals surface area (Å²) in [5.74, 6) is -2.33. The van der Waals surface area contributed by atoms with Crippen LogP contribution in [-0.4, -0.2) is 22.9 Å². The number of urea groups is 1. The maximum Gasteiger partial charge on any atom is 0.344 e. The summed E-state index contributed by atoms with van der Waals surface area (Å²) in [4.78, 5) is 37.1. The molecule has 4 amide bonds. The summed E-state index contributed by atoms with van der Waals surface area (Å²) in [5.41, 5.74) is 1.12. The number of rotatable bonds is 3. The topological polar surface area (TPSA) is 78.5 Å². The van der Waals surface area contributed by atoms with Gasteiger partial charge in [-0.05, 0) is 30.7 Å². The number of carbonyl (C=O) groups excluding carboxylic acids is 3. The van der Waals surface area contributed by atoms with Gasteiger partial charge in [0.15, 0.2) is 0 Å². The number of carbonyl (C=O) groups is 3. The zero-order valence-corrected chi connectivity index (χ0v) is 14.6. The Labute approximate surface area is 151 Å². The van der Waals surface area contributed by atoms with Crippen LogP contribution in [0.3, 0.4) is 0 Å². The second-order valence-electron chi connectivity index (χ2n) is 5.63. The Kier molecular flexibility index (Phi) is 4.30. The second-order valence-corrected chi connectivity index (χ2v) is 6.54. The van der Waals surface area contributed by atoms with Crippen LogP contribution in [0, 0.1) is 5.82 Å². The first-order valence-corrected chi connectivity index (χ1v) is 8.10. The van der Waals surface area contributed by atoms with Crippen LogP contribution in [0.4, 0.5) is 9.18 Å². The van der Waals surface area contributed by atoms with E-state index < -0.39 is 29.2 Å². The molecule has 0 aliphatic carbocycles. The predicted octanol–water partition coefficient (Wildman–Crippen LogP) is 2.70. The fourth-order valence-electron chi connectivity index (χ4n) is 2.54. The number of imide groups is 1.